The molecule has 0 saturated carbocycles. The quantitative estimate of drug-likeness (QED) is 0.115. The number of aliphatic carboxylic acids is 1. The maximum atomic E-state index is 14.6. The molecule has 6 atom stereocenters. The van der Waals surface area contributed by atoms with Gasteiger partial charge in [-0.2, -0.15) is 0 Å². The smallest absolute Gasteiger partial charge is 0.303 e. The number of hydrogen-bond donors (Lipinski definition) is 8. The van der Waals surface area contributed by atoms with Crippen molar-refractivity contribution in [2.45, 2.75) is 93.5 Å². The van der Waals surface area contributed by atoms with E-state index in [-0.39, 0.29) is 38.6 Å². The topological polar surface area (TPSA) is 220 Å². The van der Waals surface area contributed by atoms with Crippen LogP contribution in [0.5, 0.6) is 0 Å². The maximum absolute atomic E-state index is 14.6. The van der Waals surface area contributed by atoms with Gasteiger partial charge in [-0.3, -0.25) is 14.4 Å². The van der Waals surface area contributed by atoms with Gasteiger partial charge in [0.25, 0.3) is 5.79 Å². The number of nitrogens with two attached hydrogens (primary N) is 1. The van der Waals surface area contributed by atoms with E-state index in [1.807, 2.05) is 0 Å². The minimum absolute atomic E-state index is 0.118. The molecule has 0 aromatic heterocycles. The van der Waals surface area contributed by atoms with Crippen molar-refractivity contribution in [1.82, 2.24) is 5.32 Å². The molecule has 1 saturated heterocycles. The predicted octanol–water partition coefficient (Wildman–Crippen LogP) is -2.00. The van der Waals surface area contributed by atoms with Gasteiger partial charge in [0.15, 0.2) is 5.78 Å². The van der Waals surface area contributed by atoms with E-state index in [0.29, 0.717) is 12.8 Å². The second kappa shape index (κ2) is 13.3. The Kier molecular flexibility index (Phi) is 11.8. The van der Waals surface area contributed by atoms with Crippen molar-refractivity contribution in [2.24, 2.45) is 5.73 Å². The van der Waals surface area contributed by atoms with Gasteiger partial charge in [0, 0.05) is 12.8 Å². The van der Waals surface area contributed by atoms with E-state index >= 15 is 0 Å². The molecule has 1 fully saturated rings. The van der Waals surface area contributed by atoms with Crippen molar-refractivity contribution in [2.75, 3.05) is 13.2 Å². The molecule has 0 aliphatic carbocycles. The number of ether oxygens (including phenoxy) is 1. The van der Waals surface area contributed by atoms with Crippen LogP contribution in [0, 0.1) is 0 Å². The number of carbonyl (C=O) groups is 3. The number of rotatable bonds is 15. The number of aliphatic hydroxyl groups excluding tert-OH is 4. The Bertz CT molecular complexity index is 696. The van der Waals surface area contributed by atoms with Crippen LogP contribution >= 0.6 is 0 Å². The number of unbranched alkanes of at least 4 members (excludes halogenated alkanes) is 3. The van der Waals surface area contributed by atoms with Crippen molar-refractivity contribution in [1.29, 1.82) is 0 Å². The van der Waals surface area contributed by atoms with Gasteiger partial charge in [-0.05, 0) is 12.8 Å². The molecule has 0 radical (unpaired) electrons. The van der Waals surface area contributed by atoms with Gasteiger partial charge >= 0.3 is 11.9 Å². The van der Waals surface area contributed by atoms with E-state index in [4.69, 9.17) is 15.9 Å². The van der Waals surface area contributed by atoms with Crippen molar-refractivity contribution in [3.8, 4) is 0 Å². The molecule has 0 spiro atoms. The molecular weight excluding hydrogens is 466 g/mol. The summed E-state index contributed by atoms with van der Waals surface area (Å²) in [6.45, 7) is -1.30. The Morgan fingerprint density at radius 3 is 2.26 bits per heavy atom. The fourth-order valence-electron chi connectivity index (χ4n) is 3.48. The molecule has 0 bridgehead atoms. The molecular formula is C20H34F2N2O10. The summed E-state index contributed by atoms with van der Waals surface area (Å²) in [5.74, 6) is -9.69. The zero-order valence-corrected chi connectivity index (χ0v) is 18.6. The van der Waals surface area contributed by atoms with E-state index in [1.54, 1.807) is 0 Å². The molecule has 14 heteroatoms. The summed E-state index contributed by atoms with van der Waals surface area (Å²) in [6.07, 6.45) is -8.58. The van der Waals surface area contributed by atoms with Crippen LogP contribution in [0.15, 0.2) is 0 Å². The SMILES string of the molecule is N[C@@H](CCCCCCC(F)(F)C1(O)O[C@H](CO)[C@H](O)[C@H](O)[C@H]1O)C(=O)NCC(=O)CCC(=O)O. The van der Waals surface area contributed by atoms with Crippen LogP contribution in [0.3, 0.4) is 0 Å². The molecule has 198 valence electrons. The first-order chi connectivity index (χ1) is 15.8. The Balaban J connectivity index is 2.37. The number of ketones is 1. The first-order valence-electron chi connectivity index (χ1n) is 11.0. The number of carbonyl (C=O) groups excluding carboxylic acids is 2. The molecule has 1 aliphatic rings. The number of carboxylic acids is 1. The average Bonchev–Trinajstić information content (AvgIpc) is 2.78. The first kappa shape index (κ1) is 30.2. The average molecular weight is 500 g/mol. The number of alkyl halides is 2. The highest BCUT2D eigenvalue weighted by Crippen LogP contribution is 2.42. The molecule has 1 rings (SSSR count). The van der Waals surface area contributed by atoms with Crippen LogP contribution in [0.2, 0.25) is 0 Å². The summed E-state index contributed by atoms with van der Waals surface area (Å²) in [5, 5.41) is 59.4. The lowest BCUT2D eigenvalue weighted by molar-refractivity contribution is -0.412. The van der Waals surface area contributed by atoms with Crippen molar-refractivity contribution in [3.05, 3.63) is 0 Å². The van der Waals surface area contributed by atoms with Crippen LogP contribution < -0.4 is 11.1 Å². The van der Waals surface area contributed by atoms with Crippen LogP contribution in [-0.4, -0.2) is 104 Å². The van der Waals surface area contributed by atoms with Crippen LogP contribution in [0.25, 0.3) is 0 Å². The monoisotopic (exact) mass is 500 g/mol. The summed E-state index contributed by atoms with van der Waals surface area (Å²) >= 11 is 0. The Morgan fingerprint density at radius 1 is 1.06 bits per heavy atom. The summed E-state index contributed by atoms with van der Waals surface area (Å²) in [6, 6.07) is -0.941. The second-order valence-corrected chi connectivity index (χ2v) is 8.38. The van der Waals surface area contributed by atoms with Gasteiger partial charge in [0.1, 0.15) is 24.4 Å². The minimum atomic E-state index is -4.01. The van der Waals surface area contributed by atoms with Crippen molar-refractivity contribution in [3.63, 3.8) is 0 Å². The standard InChI is InChI=1S/C20H34F2N2O10/c21-19(22,20(33)17(31)16(30)15(29)13(10-25)34-20)8-4-2-1-3-5-12(23)18(32)24-9-11(26)6-7-14(27)28/h12-13,15-17,25,29-31,33H,1-10,23H2,(H,24,32)(H,27,28)/t12-,13+,15-,16-,17+,20?/m0/s1. The normalized spacial score (nSPS) is 28.4. The lowest BCUT2D eigenvalue weighted by Crippen LogP contribution is -2.71. The Labute approximate surface area is 194 Å². The van der Waals surface area contributed by atoms with Gasteiger partial charge in [-0.1, -0.05) is 19.3 Å². The molecule has 1 amide bonds. The highest BCUT2D eigenvalue weighted by Gasteiger charge is 2.65. The Morgan fingerprint density at radius 2 is 1.68 bits per heavy atom. The van der Waals surface area contributed by atoms with Crippen molar-refractivity contribution < 1.29 is 58.5 Å². The van der Waals surface area contributed by atoms with Crippen LogP contribution in [-0.2, 0) is 19.1 Å². The van der Waals surface area contributed by atoms with Crippen LogP contribution in [0.4, 0.5) is 8.78 Å². The van der Waals surface area contributed by atoms with Crippen molar-refractivity contribution >= 4 is 17.7 Å². The Hall–Kier alpha value is -1.81. The zero-order chi connectivity index (χ0) is 26.1. The number of halogens is 2. The van der Waals surface area contributed by atoms with Gasteiger partial charge in [0.2, 0.25) is 5.91 Å². The van der Waals surface area contributed by atoms with E-state index in [1.165, 1.54) is 0 Å². The highest BCUT2D eigenvalue weighted by atomic mass is 19.3. The third-order valence-electron chi connectivity index (χ3n) is 5.66. The third-order valence-corrected chi connectivity index (χ3v) is 5.66. The minimum Gasteiger partial charge on any atom is -0.481 e. The lowest BCUT2D eigenvalue weighted by atomic mass is 9.87. The van der Waals surface area contributed by atoms with E-state index in [2.05, 4.69) is 10.1 Å². The fourth-order valence-corrected chi connectivity index (χ4v) is 3.48. The van der Waals surface area contributed by atoms with E-state index < -0.39 is 72.9 Å². The summed E-state index contributed by atoms with van der Waals surface area (Å²) in [5.41, 5.74) is 5.71. The summed E-state index contributed by atoms with van der Waals surface area (Å²) < 4.78 is 33.9. The van der Waals surface area contributed by atoms with Gasteiger partial charge in [-0.15, -0.1) is 0 Å². The lowest BCUT2D eigenvalue weighted by Gasteiger charge is -2.48. The molecule has 12 nitrogen and oxygen atoms in total. The van der Waals surface area contributed by atoms with Crippen LogP contribution in [0.1, 0.15) is 51.4 Å². The van der Waals surface area contributed by atoms with Gasteiger partial charge < -0.3 is 46.4 Å². The summed E-state index contributed by atoms with van der Waals surface area (Å²) in [4.78, 5) is 33.7. The molecule has 0 aromatic rings. The zero-order valence-electron chi connectivity index (χ0n) is 18.6. The fraction of sp³-hybridized carbons (Fsp3) is 0.850. The van der Waals surface area contributed by atoms with Gasteiger partial charge in [0.05, 0.1) is 25.6 Å². The molecule has 9 N–H and O–H groups in total. The number of nitrogens with one attached hydrogen (secondary N) is 1. The van der Waals surface area contributed by atoms with Gasteiger partial charge in [-0.25, -0.2) is 8.78 Å². The largest absolute Gasteiger partial charge is 0.481 e. The number of carboxylic acid groups (broad SMARTS) is 1. The first-order valence-corrected chi connectivity index (χ1v) is 11.0. The van der Waals surface area contributed by atoms with E-state index in [0.717, 1.165) is 0 Å². The highest BCUT2D eigenvalue weighted by molar-refractivity contribution is 5.89. The number of aliphatic hydroxyl groups is 5. The number of Topliss-reactive ketones (excluding diaryl/α,β-unsaturated/α-hetero) is 1. The molecule has 34 heavy (non-hydrogen) atoms. The number of hydrogen-bond acceptors (Lipinski definition) is 10. The molecule has 1 aliphatic heterocycles. The molecule has 1 heterocycles. The molecule has 1 unspecified atom stereocenters. The summed E-state index contributed by atoms with van der Waals surface area (Å²) in [7, 11) is 0. The van der Waals surface area contributed by atoms with E-state index in [9.17, 15) is 43.6 Å². The number of amides is 1. The third kappa shape index (κ3) is 8.15. The maximum Gasteiger partial charge on any atom is 0.303 e. The second-order valence-electron chi connectivity index (χ2n) is 8.38. The molecule has 0 aromatic carbocycles. The predicted molar refractivity (Wildman–Crippen MR) is 110 cm³/mol.